The van der Waals surface area contributed by atoms with Crippen molar-refractivity contribution in [2.24, 2.45) is 4.99 Å². The number of hydrogen-bond donors (Lipinski definition) is 2. The molecule has 0 spiro atoms. The van der Waals surface area contributed by atoms with Crippen LogP contribution in [0.4, 0.5) is 10.3 Å². The minimum absolute atomic E-state index is 0.0441. The molecule has 12 nitrogen and oxygen atoms in total. The Labute approximate surface area is 244 Å². The first-order valence-electron chi connectivity index (χ1n) is 13.0. The maximum atomic E-state index is 12.6. The van der Waals surface area contributed by atoms with Crippen molar-refractivity contribution >= 4 is 51.0 Å². The second-order valence-corrected chi connectivity index (χ2v) is 11.5. The molecule has 2 amide bonds. The molecule has 4 aromatic rings. The van der Waals surface area contributed by atoms with Crippen LogP contribution in [0, 0.1) is 11.3 Å². The molecule has 14 heteroatoms. The number of aliphatic imine (C=N–C) groups is 1. The number of nitrogens with one attached hydrogen (secondary N) is 2. The molecule has 0 bridgehead atoms. The summed E-state index contributed by atoms with van der Waals surface area (Å²) in [6.45, 7) is 0. The van der Waals surface area contributed by atoms with Gasteiger partial charge in [0.2, 0.25) is 22.1 Å². The molecule has 5 rings (SSSR count). The van der Waals surface area contributed by atoms with E-state index in [0.29, 0.717) is 27.2 Å². The first-order chi connectivity index (χ1) is 20.0. The first-order valence-corrected chi connectivity index (χ1v) is 14.6. The molecule has 1 saturated carbocycles. The maximum absolute atomic E-state index is 12.6. The summed E-state index contributed by atoms with van der Waals surface area (Å²) >= 11 is 2.76. The van der Waals surface area contributed by atoms with E-state index < -0.39 is 0 Å². The van der Waals surface area contributed by atoms with Crippen molar-refractivity contribution in [1.29, 1.82) is 5.26 Å². The monoisotopic (exact) mass is 586 g/mol. The Kier molecular flexibility index (Phi) is 9.07. The van der Waals surface area contributed by atoms with Crippen LogP contribution in [0.5, 0.6) is 0 Å². The molecule has 0 unspecified atom stereocenters. The van der Waals surface area contributed by atoms with Gasteiger partial charge in [-0.05, 0) is 49.1 Å². The molecule has 0 radical (unpaired) electrons. The van der Waals surface area contributed by atoms with Crippen molar-refractivity contribution in [2.75, 3.05) is 17.7 Å². The summed E-state index contributed by atoms with van der Waals surface area (Å²) in [6.07, 6.45) is 8.85. The van der Waals surface area contributed by atoms with Crippen LogP contribution in [-0.4, -0.2) is 55.4 Å². The lowest BCUT2D eigenvalue weighted by molar-refractivity contribution is -0.116. The average molecular weight is 587 g/mol. The van der Waals surface area contributed by atoms with Crippen LogP contribution in [0.25, 0.3) is 0 Å². The third-order valence-corrected chi connectivity index (χ3v) is 8.50. The van der Waals surface area contributed by atoms with Gasteiger partial charge >= 0.3 is 0 Å². The minimum atomic E-state index is -0.265. The molecule has 4 heterocycles. The van der Waals surface area contributed by atoms with Crippen LogP contribution < -0.4 is 10.6 Å². The summed E-state index contributed by atoms with van der Waals surface area (Å²) in [5.41, 5.74) is 2.51. The topological polar surface area (TPSA) is 172 Å². The van der Waals surface area contributed by atoms with Gasteiger partial charge in [-0.25, -0.2) is 0 Å². The van der Waals surface area contributed by atoms with E-state index in [1.54, 1.807) is 31.6 Å². The van der Waals surface area contributed by atoms with Gasteiger partial charge in [0.1, 0.15) is 10.0 Å². The van der Waals surface area contributed by atoms with E-state index >= 15 is 0 Å². The number of hydrogen-bond acceptors (Lipinski definition) is 12. The Balaban J connectivity index is 1.15. The molecule has 2 atom stereocenters. The fraction of sp³-hybridized carbons (Fsp3) is 0.333. The van der Waals surface area contributed by atoms with Gasteiger partial charge in [0, 0.05) is 37.5 Å². The Morgan fingerprint density at radius 3 is 2.12 bits per heavy atom. The van der Waals surface area contributed by atoms with Crippen molar-refractivity contribution in [3.8, 4) is 6.07 Å². The van der Waals surface area contributed by atoms with Crippen molar-refractivity contribution in [2.45, 2.75) is 50.4 Å². The molecule has 1 fully saturated rings. The number of nitrogens with zero attached hydrogens (tertiary/aromatic N) is 8. The number of rotatable bonds is 9. The number of pyridine rings is 2. The fourth-order valence-electron chi connectivity index (χ4n) is 4.66. The zero-order chi connectivity index (χ0) is 28.6. The van der Waals surface area contributed by atoms with E-state index in [0.717, 1.165) is 41.3 Å². The fourth-order valence-corrected chi connectivity index (χ4v) is 6.48. The molecule has 0 aromatic carbocycles. The second-order valence-electron chi connectivity index (χ2n) is 9.52. The molecule has 0 saturated heterocycles. The summed E-state index contributed by atoms with van der Waals surface area (Å²) in [4.78, 5) is 37.5. The maximum Gasteiger partial charge on any atom is 0.232 e. The largest absolute Gasteiger partial charge is 0.300 e. The van der Waals surface area contributed by atoms with Gasteiger partial charge in [-0.1, -0.05) is 29.1 Å². The predicted molar refractivity (Wildman–Crippen MR) is 155 cm³/mol. The molecular weight excluding hydrogens is 560 g/mol. The van der Waals surface area contributed by atoms with E-state index in [1.165, 1.54) is 28.9 Å². The van der Waals surface area contributed by atoms with Crippen molar-refractivity contribution in [3.63, 3.8) is 0 Å². The van der Waals surface area contributed by atoms with Gasteiger partial charge in [-0.2, -0.15) is 5.26 Å². The van der Waals surface area contributed by atoms with Gasteiger partial charge in [-0.15, -0.1) is 20.4 Å². The van der Waals surface area contributed by atoms with E-state index in [1.807, 2.05) is 18.2 Å². The SMILES string of the molecule is CN=Cc1ccnc(CC(=O)Nc2nnc([C@H]3CCC[C@H](c4nnc(NC(=O)Cc5cc(C#N)ccn5)s4)C3)s2)c1. The second kappa shape index (κ2) is 13.2. The van der Waals surface area contributed by atoms with Gasteiger partial charge in [0.15, 0.2) is 0 Å². The molecule has 1 aliphatic rings. The van der Waals surface area contributed by atoms with Crippen molar-refractivity contribution in [1.82, 2.24) is 30.4 Å². The Morgan fingerprint density at radius 2 is 1.54 bits per heavy atom. The summed E-state index contributed by atoms with van der Waals surface area (Å²) in [6, 6.07) is 8.89. The smallest absolute Gasteiger partial charge is 0.232 e. The molecule has 1 aliphatic carbocycles. The molecule has 41 heavy (non-hydrogen) atoms. The molecule has 2 N–H and O–H groups in total. The number of anilines is 2. The van der Waals surface area contributed by atoms with E-state index in [-0.39, 0.29) is 36.5 Å². The average Bonchev–Trinajstić information content (AvgIpc) is 3.63. The first kappa shape index (κ1) is 28.1. The number of nitriles is 1. The standard InChI is InChI=1S/C27H26N10O2S2/c1-29-15-17-6-8-31-21(10-17)13-23(39)33-27-37-35-25(41-27)19-4-2-3-18(11-19)24-34-36-26(40-24)32-22(38)12-20-9-16(14-28)5-7-30-20/h5-10,15,18-19H,2-4,11-13H2,1H3,(H,32,36,38)(H,33,37,39)/t18-,19-/m0/s1. The Morgan fingerprint density at radius 1 is 0.951 bits per heavy atom. The van der Waals surface area contributed by atoms with Gasteiger partial charge < -0.3 is 10.6 Å². The van der Waals surface area contributed by atoms with Crippen molar-refractivity contribution in [3.05, 3.63) is 69.2 Å². The molecular formula is C27H26N10O2S2. The van der Waals surface area contributed by atoms with Crippen LogP contribution >= 0.6 is 22.7 Å². The summed E-state index contributed by atoms with van der Waals surface area (Å²) in [5.74, 6) is -0.0790. The van der Waals surface area contributed by atoms with Gasteiger partial charge in [0.25, 0.3) is 0 Å². The zero-order valence-electron chi connectivity index (χ0n) is 22.1. The van der Waals surface area contributed by atoms with Gasteiger partial charge in [0.05, 0.1) is 35.9 Å². The highest BCUT2D eigenvalue weighted by atomic mass is 32.1. The number of aromatic nitrogens is 6. The molecule has 208 valence electrons. The van der Waals surface area contributed by atoms with E-state index in [4.69, 9.17) is 5.26 Å². The third-order valence-electron chi connectivity index (χ3n) is 6.49. The molecule has 4 aromatic heterocycles. The lowest BCUT2D eigenvalue weighted by atomic mass is 9.82. The number of carbonyl (C=O) groups is 2. The lowest BCUT2D eigenvalue weighted by Gasteiger charge is -2.25. The molecule has 0 aliphatic heterocycles. The highest BCUT2D eigenvalue weighted by Crippen LogP contribution is 2.43. The van der Waals surface area contributed by atoms with E-state index in [9.17, 15) is 9.59 Å². The normalized spacial score (nSPS) is 16.8. The highest BCUT2D eigenvalue weighted by molar-refractivity contribution is 7.15. The lowest BCUT2D eigenvalue weighted by Crippen LogP contribution is -2.15. The van der Waals surface area contributed by atoms with E-state index in [2.05, 4.69) is 46.0 Å². The van der Waals surface area contributed by atoms with Crippen LogP contribution in [-0.2, 0) is 22.4 Å². The van der Waals surface area contributed by atoms with Crippen LogP contribution in [0.3, 0.4) is 0 Å². The highest BCUT2D eigenvalue weighted by Gasteiger charge is 2.29. The Bertz CT molecular complexity index is 1610. The Hall–Kier alpha value is -4.48. The number of carbonyl (C=O) groups excluding carboxylic acids is 2. The third kappa shape index (κ3) is 7.59. The van der Waals surface area contributed by atoms with Crippen LogP contribution in [0.1, 0.15) is 70.0 Å². The summed E-state index contributed by atoms with van der Waals surface area (Å²) in [5, 5.41) is 34.4. The van der Waals surface area contributed by atoms with Crippen LogP contribution in [0.15, 0.2) is 41.7 Å². The summed E-state index contributed by atoms with van der Waals surface area (Å²) in [7, 11) is 1.69. The quantitative estimate of drug-likeness (QED) is 0.276. The summed E-state index contributed by atoms with van der Waals surface area (Å²) < 4.78 is 0. The zero-order valence-corrected chi connectivity index (χ0v) is 23.8. The van der Waals surface area contributed by atoms with Gasteiger partial charge in [-0.3, -0.25) is 24.5 Å². The minimum Gasteiger partial charge on any atom is -0.300 e. The predicted octanol–water partition coefficient (Wildman–Crippen LogP) is 3.90. The number of amides is 2. The van der Waals surface area contributed by atoms with Crippen molar-refractivity contribution < 1.29 is 9.59 Å². The van der Waals surface area contributed by atoms with Crippen LogP contribution in [0.2, 0.25) is 0 Å².